The predicted octanol–water partition coefficient (Wildman–Crippen LogP) is 4.21. The molecule has 3 aromatic rings. The first-order chi connectivity index (χ1) is 18.0. The van der Waals surface area contributed by atoms with Crippen molar-refractivity contribution in [1.82, 2.24) is 5.32 Å². The molecule has 0 bridgehead atoms. The summed E-state index contributed by atoms with van der Waals surface area (Å²) < 4.78 is 17.3. The van der Waals surface area contributed by atoms with E-state index in [0.717, 1.165) is 22.4 Å². The summed E-state index contributed by atoms with van der Waals surface area (Å²) in [6, 6.07) is 25.3. The average Bonchev–Trinajstić information content (AvgIpc) is 2.90. The van der Waals surface area contributed by atoms with E-state index in [-0.39, 0.29) is 32.4 Å². The number of benzene rings is 3. The number of amides is 1. The minimum Gasteiger partial charge on any atom is -0.482 e. The number of esters is 1. The number of hydrogen-bond donors (Lipinski definition) is 2. The van der Waals surface area contributed by atoms with Gasteiger partial charge in [0.1, 0.15) is 17.8 Å². The topological polar surface area (TPSA) is 100 Å². The Hall–Kier alpha value is -4.31. The summed E-state index contributed by atoms with van der Waals surface area (Å²) in [5.41, 5.74) is 3.71. The lowest BCUT2D eigenvalue weighted by molar-refractivity contribution is -0.145. The number of nitrogens with one attached hydrogen (secondary N) is 2. The van der Waals surface area contributed by atoms with Crippen molar-refractivity contribution in [3.8, 4) is 11.8 Å². The molecule has 0 saturated heterocycles. The molecule has 0 radical (unpaired) electrons. The van der Waals surface area contributed by atoms with Crippen LogP contribution in [0.3, 0.4) is 0 Å². The van der Waals surface area contributed by atoms with Crippen molar-refractivity contribution in [2.24, 2.45) is 0 Å². The Labute approximate surface area is 213 Å². The number of anilines is 1. The molecule has 0 aliphatic rings. The van der Waals surface area contributed by atoms with E-state index in [2.05, 4.69) is 16.7 Å². The number of para-hydroxylation sites is 1. The van der Waals surface area contributed by atoms with Gasteiger partial charge >= 0.3 is 5.97 Å². The molecule has 0 aliphatic carbocycles. The maximum atomic E-state index is 13.3. The lowest BCUT2D eigenvalue weighted by atomic mass is 10.0. The largest absolute Gasteiger partial charge is 0.482 e. The van der Waals surface area contributed by atoms with Crippen molar-refractivity contribution < 1.29 is 20.4 Å². The van der Waals surface area contributed by atoms with Gasteiger partial charge in [0.2, 0.25) is 5.91 Å². The molecule has 3 rings (SSSR count). The summed E-state index contributed by atoms with van der Waals surface area (Å²) in [4.78, 5) is 24.9. The van der Waals surface area contributed by atoms with E-state index in [1.54, 1.807) is 18.2 Å². The zero-order chi connectivity index (χ0) is 26.5. The van der Waals surface area contributed by atoms with Crippen molar-refractivity contribution in [2.75, 3.05) is 18.5 Å². The molecule has 0 saturated carbocycles. The minimum absolute atomic E-state index is 0.00475. The van der Waals surface area contributed by atoms with Gasteiger partial charge in [-0.15, -0.1) is 0 Å². The second kappa shape index (κ2) is 13.5. The Balaban J connectivity index is 1.66. The molecule has 3 aromatic carbocycles. The predicted molar refractivity (Wildman–Crippen MR) is 139 cm³/mol. The van der Waals surface area contributed by atoms with Crippen LogP contribution in [0.25, 0.3) is 0 Å². The Morgan fingerprint density at radius 3 is 2.47 bits per heavy atom. The van der Waals surface area contributed by atoms with Crippen molar-refractivity contribution in [2.45, 2.75) is 38.7 Å². The summed E-state index contributed by atoms with van der Waals surface area (Å²) in [6.07, 6.45) is 0.728. The van der Waals surface area contributed by atoms with Crippen LogP contribution in [0, 0.1) is 18.3 Å². The molecule has 0 aromatic heterocycles. The molecule has 7 heteroatoms. The molecule has 2 atom stereocenters. The van der Waals surface area contributed by atoms with Gasteiger partial charge in [-0.1, -0.05) is 60.2 Å². The van der Waals surface area contributed by atoms with E-state index in [9.17, 15) is 14.9 Å². The highest BCUT2D eigenvalue weighted by atomic mass is 16.6. The third-order valence-electron chi connectivity index (χ3n) is 5.38. The molecular formula is C29H31N3O4. The first-order valence-electron chi connectivity index (χ1n) is 12.4. The van der Waals surface area contributed by atoms with E-state index >= 15 is 0 Å². The molecule has 2 N–H and O–H groups in total. The maximum absolute atomic E-state index is 13.3. The summed E-state index contributed by atoms with van der Waals surface area (Å²) in [7, 11) is 0. The molecule has 186 valence electrons. The maximum Gasteiger partial charge on any atom is 0.344 e. The Kier molecular flexibility index (Phi) is 9.33. The molecule has 0 spiro atoms. The second-order valence-corrected chi connectivity index (χ2v) is 8.31. The highest BCUT2D eigenvalue weighted by Crippen LogP contribution is 2.16. The van der Waals surface area contributed by atoms with Gasteiger partial charge in [-0.25, -0.2) is 4.79 Å². The second-order valence-electron chi connectivity index (χ2n) is 8.31. The van der Waals surface area contributed by atoms with Crippen LogP contribution in [0.4, 0.5) is 5.69 Å². The summed E-state index contributed by atoms with van der Waals surface area (Å²) in [5, 5.41) is 15.9. The molecule has 1 amide bonds. The standard InChI is InChI=1S/C29H31N3O4/c1-3-35-28(33)20-36-26-14-8-11-23(17-26)16-25(19-30)32-29(34)27(31-24-12-5-4-6-13-24)18-22-10-7-9-21(2)15-22/h4-15,17,25,27,31H,3,16,18,20H2,1-2H3,(H,32,34)/t25-,27-/m0/s1/i1T. The average molecular weight is 488 g/mol. The number of carbonyl (C=O) groups is 2. The van der Waals surface area contributed by atoms with Crippen LogP contribution in [0.15, 0.2) is 78.9 Å². The molecule has 0 unspecified atom stereocenters. The third-order valence-corrected chi connectivity index (χ3v) is 5.38. The van der Waals surface area contributed by atoms with E-state index < -0.39 is 18.1 Å². The highest BCUT2D eigenvalue weighted by Gasteiger charge is 2.22. The lowest BCUT2D eigenvalue weighted by Crippen LogP contribution is -2.46. The fourth-order valence-electron chi connectivity index (χ4n) is 3.72. The number of carbonyl (C=O) groups excluding carboxylic acids is 2. The van der Waals surface area contributed by atoms with Crippen LogP contribution in [0.2, 0.25) is 0 Å². The summed E-state index contributed by atoms with van der Waals surface area (Å²) in [5.74, 6) is -0.377. The summed E-state index contributed by atoms with van der Waals surface area (Å²) in [6.45, 7) is 1.76. The normalized spacial score (nSPS) is 12.4. The van der Waals surface area contributed by atoms with Crippen LogP contribution >= 0.6 is 0 Å². The Morgan fingerprint density at radius 2 is 1.75 bits per heavy atom. The molecule has 7 nitrogen and oxygen atoms in total. The number of hydrogen-bond acceptors (Lipinski definition) is 6. The zero-order valence-corrected chi connectivity index (χ0v) is 20.3. The lowest BCUT2D eigenvalue weighted by Gasteiger charge is -2.22. The fraction of sp³-hybridized carbons (Fsp3) is 0.276. The molecular weight excluding hydrogens is 454 g/mol. The number of aryl methyl sites for hydroxylation is 1. The van der Waals surface area contributed by atoms with Crippen LogP contribution in [-0.2, 0) is 27.2 Å². The number of rotatable bonds is 12. The third kappa shape index (κ3) is 8.48. The van der Waals surface area contributed by atoms with E-state index in [4.69, 9.17) is 10.8 Å². The van der Waals surface area contributed by atoms with E-state index in [1.165, 1.54) is 0 Å². The van der Waals surface area contributed by atoms with Crippen molar-refractivity contribution >= 4 is 17.6 Å². The minimum atomic E-state index is -0.762. The van der Waals surface area contributed by atoms with Gasteiger partial charge in [0.05, 0.1) is 12.7 Å². The van der Waals surface area contributed by atoms with Crippen LogP contribution in [0.1, 0.15) is 25.0 Å². The monoisotopic (exact) mass is 487 g/mol. The SMILES string of the molecule is [3H]CCOC(=O)COc1cccc(C[C@@H](C#N)NC(=O)[C@H](Cc2cccc(C)c2)Nc2ccccc2)c1. The van der Waals surface area contributed by atoms with Crippen LogP contribution in [-0.4, -0.2) is 37.2 Å². The molecule has 36 heavy (non-hydrogen) atoms. The molecule has 0 fully saturated rings. The van der Waals surface area contributed by atoms with E-state index in [1.807, 2.05) is 67.6 Å². The van der Waals surface area contributed by atoms with Crippen molar-refractivity contribution in [3.05, 3.63) is 95.6 Å². The van der Waals surface area contributed by atoms with Crippen molar-refractivity contribution in [3.63, 3.8) is 0 Å². The van der Waals surface area contributed by atoms with Gasteiger partial charge < -0.3 is 20.1 Å². The number of ether oxygens (including phenoxy) is 2. The molecule has 0 heterocycles. The fourth-order valence-corrected chi connectivity index (χ4v) is 3.72. The van der Waals surface area contributed by atoms with Gasteiger partial charge in [-0.2, -0.15) is 5.26 Å². The first kappa shape index (κ1) is 24.8. The number of nitrogens with zero attached hydrogens (tertiary/aromatic N) is 1. The van der Waals surface area contributed by atoms with Gasteiger partial charge in [0.25, 0.3) is 0 Å². The Bertz CT molecular complexity index is 1210. The van der Waals surface area contributed by atoms with Crippen molar-refractivity contribution in [1.29, 1.82) is 5.26 Å². The number of nitriles is 1. The highest BCUT2D eigenvalue weighted by molar-refractivity contribution is 5.85. The molecule has 0 aliphatic heterocycles. The summed E-state index contributed by atoms with van der Waals surface area (Å²) >= 11 is 0. The van der Waals surface area contributed by atoms with Gasteiger partial charge in [0.15, 0.2) is 6.61 Å². The van der Waals surface area contributed by atoms with Gasteiger partial charge in [0, 0.05) is 19.9 Å². The van der Waals surface area contributed by atoms with Gasteiger partial charge in [-0.3, -0.25) is 4.79 Å². The first-order valence-corrected chi connectivity index (χ1v) is 11.7. The van der Waals surface area contributed by atoms with E-state index in [0.29, 0.717) is 12.2 Å². The quantitative estimate of drug-likeness (QED) is 0.371. The van der Waals surface area contributed by atoms with Gasteiger partial charge in [-0.05, 0) is 49.2 Å². The van der Waals surface area contributed by atoms with Crippen LogP contribution in [0.5, 0.6) is 5.75 Å². The smallest absolute Gasteiger partial charge is 0.344 e. The zero-order valence-electron chi connectivity index (χ0n) is 21.3. The Morgan fingerprint density at radius 1 is 1.00 bits per heavy atom. The van der Waals surface area contributed by atoms with Crippen LogP contribution < -0.4 is 15.4 Å².